The monoisotopic (exact) mass is 380 g/mol. The molecule has 6 nitrogen and oxygen atoms in total. The molecule has 2 N–H and O–H groups in total. The van der Waals surface area contributed by atoms with E-state index in [0.717, 1.165) is 31.2 Å². The van der Waals surface area contributed by atoms with Crippen LogP contribution in [0.5, 0.6) is 0 Å². The van der Waals surface area contributed by atoms with Gasteiger partial charge in [-0.1, -0.05) is 42.7 Å². The largest absolute Gasteiger partial charge is 0.452 e. The second kappa shape index (κ2) is 9.17. The summed E-state index contributed by atoms with van der Waals surface area (Å²) in [6.07, 6.45) is 4.20. The highest BCUT2D eigenvalue weighted by molar-refractivity contribution is 6.04. The first-order valence-corrected chi connectivity index (χ1v) is 9.46. The van der Waals surface area contributed by atoms with Gasteiger partial charge in [0.05, 0.1) is 16.8 Å². The van der Waals surface area contributed by atoms with Crippen molar-refractivity contribution < 1.29 is 19.1 Å². The van der Waals surface area contributed by atoms with Crippen LogP contribution in [0, 0.1) is 6.92 Å². The quantitative estimate of drug-likeness (QED) is 0.752. The maximum Gasteiger partial charge on any atom is 0.338 e. The molecule has 0 aliphatic heterocycles. The minimum atomic E-state index is -0.567. The Kier molecular flexibility index (Phi) is 6.42. The summed E-state index contributed by atoms with van der Waals surface area (Å²) in [6, 6.07) is 13.9. The molecule has 0 saturated heterocycles. The smallest absolute Gasteiger partial charge is 0.338 e. The first-order valence-electron chi connectivity index (χ1n) is 9.46. The van der Waals surface area contributed by atoms with Crippen LogP contribution in [0.4, 0.5) is 5.69 Å². The van der Waals surface area contributed by atoms with Crippen molar-refractivity contribution >= 4 is 23.5 Å². The molecular formula is C22H24N2O4. The Balaban J connectivity index is 1.57. The van der Waals surface area contributed by atoms with E-state index < -0.39 is 18.5 Å². The lowest BCUT2D eigenvalue weighted by Crippen LogP contribution is -2.33. The number of amides is 2. The zero-order valence-corrected chi connectivity index (χ0v) is 15.9. The second-order valence-electron chi connectivity index (χ2n) is 6.99. The van der Waals surface area contributed by atoms with E-state index in [1.807, 2.05) is 6.92 Å². The van der Waals surface area contributed by atoms with Crippen molar-refractivity contribution in [3.05, 3.63) is 65.2 Å². The summed E-state index contributed by atoms with van der Waals surface area (Å²) in [6.45, 7) is 1.49. The number of esters is 1. The fourth-order valence-corrected chi connectivity index (χ4v) is 3.21. The fraction of sp³-hybridized carbons (Fsp3) is 0.318. The van der Waals surface area contributed by atoms with Crippen LogP contribution in [0.1, 0.15) is 52.0 Å². The van der Waals surface area contributed by atoms with E-state index in [0.29, 0.717) is 16.8 Å². The molecule has 2 aromatic rings. The number of hydrogen-bond donors (Lipinski definition) is 2. The highest BCUT2D eigenvalue weighted by Crippen LogP contribution is 2.20. The highest BCUT2D eigenvalue weighted by atomic mass is 16.5. The Morgan fingerprint density at radius 2 is 1.68 bits per heavy atom. The van der Waals surface area contributed by atoms with Gasteiger partial charge in [0.1, 0.15) is 0 Å². The van der Waals surface area contributed by atoms with Crippen molar-refractivity contribution in [1.29, 1.82) is 0 Å². The molecule has 28 heavy (non-hydrogen) atoms. The van der Waals surface area contributed by atoms with E-state index in [9.17, 15) is 14.4 Å². The summed E-state index contributed by atoms with van der Waals surface area (Å²) in [4.78, 5) is 36.8. The minimum absolute atomic E-state index is 0.187. The van der Waals surface area contributed by atoms with Gasteiger partial charge in [0.2, 0.25) is 0 Å². The van der Waals surface area contributed by atoms with Crippen molar-refractivity contribution in [2.75, 3.05) is 11.9 Å². The first-order chi connectivity index (χ1) is 13.5. The summed E-state index contributed by atoms with van der Waals surface area (Å²) in [5, 5.41) is 5.66. The number of para-hydroxylation sites is 1. The Labute approximate surface area is 164 Å². The van der Waals surface area contributed by atoms with Gasteiger partial charge in [-0.3, -0.25) is 9.59 Å². The van der Waals surface area contributed by atoms with Gasteiger partial charge in [-0.25, -0.2) is 4.79 Å². The van der Waals surface area contributed by atoms with Gasteiger partial charge in [-0.05, 0) is 44.0 Å². The number of carbonyl (C=O) groups is 3. The number of hydrogen-bond acceptors (Lipinski definition) is 4. The predicted molar refractivity (Wildman–Crippen MR) is 106 cm³/mol. The molecule has 0 aromatic heterocycles. The third kappa shape index (κ3) is 5.19. The normalized spacial score (nSPS) is 13.8. The number of benzene rings is 2. The van der Waals surface area contributed by atoms with Crippen LogP contribution >= 0.6 is 0 Å². The Bertz CT molecular complexity index is 855. The second-order valence-corrected chi connectivity index (χ2v) is 6.99. The maximum absolute atomic E-state index is 12.5. The van der Waals surface area contributed by atoms with Gasteiger partial charge in [-0.2, -0.15) is 0 Å². The van der Waals surface area contributed by atoms with Crippen LogP contribution < -0.4 is 10.6 Å². The molecule has 6 heteroatoms. The molecule has 0 atom stereocenters. The molecule has 0 spiro atoms. The summed E-state index contributed by atoms with van der Waals surface area (Å²) in [7, 11) is 0. The van der Waals surface area contributed by atoms with Crippen molar-refractivity contribution in [2.45, 2.75) is 38.6 Å². The molecule has 1 fully saturated rings. The third-order valence-corrected chi connectivity index (χ3v) is 4.76. The zero-order valence-electron chi connectivity index (χ0n) is 15.9. The molecule has 1 aliphatic rings. The molecule has 2 amide bonds. The van der Waals surface area contributed by atoms with Crippen LogP contribution in [0.3, 0.4) is 0 Å². The summed E-state index contributed by atoms with van der Waals surface area (Å²) in [5.74, 6) is -1.27. The summed E-state index contributed by atoms with van der Waals surface area (Å²) in [5.41, 5.74) is 2.21. The highest BCUT2D eigenvalue weighted by Gasteiger charge is 2.20. The molecule has 0 bridgehead atoms. The summed E-state index contributed by atoms with van der Waals surface area (Å²) >= 11 is 0. The maximum atomic E-state index is 12.5. The molecule has 0 radical (unpaired) electrons. The van der Waals surface area contributed by atoms with Crippen molar-refractivity contribution in [3.8, 4) is 0 Å². The van der Waals surface area contributed by atoms with E-state index in [2.05, 4.69) is 10.6 Å². The first kappa shape index (κ1) is 19.6. The van der Waals surface area contributed by atoms with Crippen molar-refractivity contribution in [1.82, 2.24) is 5.32 Å². The molecule has 2 aromatic carbocycles. The van der Waals surface area contributed by atoms with Gasteiger partial charge in [0, 0.05) is 6.04 Å². The van der Waals surface area contributed by atoms with E-state index in [-0.39, 0.29) is 11.9 Å². The Morgan fingerprint density at radius 1 is 1.00 bits per heavy atom. The molecule has 1 aliphatic carbocycles. The Hall–Kier alpha value is -3.15. The third-order valence-electron chi connectivity index (χ3n) is 4.76. The van der Waals surface area contributed by atoms with Crippen LogP contribution in [0.15, 0.2) is 48.5 Å². The topological polar surface area (TPSA) is 84.5 Å². The van der Waals surface area contributed by atoms with E-state index in [1.54, 1.807) is 48.5 Å². The standard InChI is InChI=1S/C22H24N2O4/c1-15-10-12-16(13-11-15)22(27)28-14-20(25)24-19-9-5-4-8-18(19)21(26)23-17-6-2-3-7-17/h4-5,8-13,17H,2-3,6-7,14H2,1H3,(H,23,26)(H,24,25). The number of anilines is 1. The minimum Gasteiger partial charge on any atom is -0.452 e. The van der Waals surface area contributed by atoms with E-state index >= 15 is 0 Å². The molecule has 0 unspecified atom stereocenters. The molecule has 3 rings (SSSR count). The summed E-state index contributed by atoms with van der Waals surface area (Å²) < 4.78 is 5.06. The number of aryl methyl sites for hydroxylation is 1. The molecule has 1 saturated carbocycles. The average Bonchev–Trinajstić information content (AvgIpc) is 3.20. The van der Waals surface area contributed by atoms with Gasteiger partial charge >= 0.3 is 5.97 Å². The van der Waals surface area contributed by atoms with Gasteiger partial charge in [0.15, 0.2) is 6.61 Å². The number of nitrogens with one attached hydrogen (secondary N) is 2. The van der Waals surface area contributed by atoms with Gasteiger partial charge in [0.25, 0.3) is 11.8 Å². The lowest BCUT2D eigenvalue weighted by atomic mass is 10.1. The molecule has 146 valence electrons. The SMILES string of the molecule is Cc1ccc(C(=O)OCC(=O)Nc2ccccc2C(=O)NC2CCCC2)cc1. The molecular weight excluding hydrogens is 356 g/mol. The van der Waals surface area contributed by atoms with E-state index in [1.165, 1.54) is 0 Å². The number of rotatable bonds is 6. The van der Waals surface area contributed by atoms with Crippen LogP contribution in [0.2, 0.25) is 0 Å². The average molecular weight is 380 g/mol. The number of ether oxygens (including phenoxy) is 1. The van der Waals surface area contributed by atoms with Crippen molar-refractivity contribution in [3.63, 3.8) is 0 Å². The van der Waals surface area contributed by atoms with Crippen LogP contribution in [-0.4, -0.2) is 30.4 Å². The lowest BCUT2D eigenvalue weighted by Gasteiger charge is -2.15. The zero-order chi connectivity index (χ0) is 19.9. The van der Waals surface area contributed by atoms with Crippen molar-refractivity contribution in [2.24, 2.45) is 0 Å². The lowest BCUT2D eigenvalue weighted by molar-refractivity contribution is -0.119. The van der Waals surface area contributed by atoms with E-state index in [4.69, 9.17) is 4.74 Å². The van der Waals surface area contributed by atoms with Gasteiger partial charge < -0.3 is 15.4 Å². The molecule has 0 heterocycles. The predicted octanol–water partition coefficient (Wildman–Crippen LogP) is 3.46. The van der Waals surface area contributed by atoms with Gasteiger partial charge in [-0.15, -0.1) is 0 Å². The Morgan fingerprint density at radius 3 is 2.39 bits per heavy atom. The fourth-order valence-electron chi connectivity index (χ4n) is 3.21. The number of carbonyl (C=O) groups excluding carboxylic acids is 3. The van der Waals surface area contributed by atoms with Crippen LogP contribution in [-0.2, 0) is 9.53 Å². The van der Waals surface area contributed by atoms with Crippen LogP contribution in [0.25, 0.3) is 0 Å².